The van der Waals surface area contributed by atoms with Crippen LogP contribution in [0, 0.1) is 10.8 Å². The molecule has 90 valence electrons. The average Bonchev–Trinajstić information content (AvgIpc) is 1.94. The van der Waals surface area contributed by atoms with Crippen LogP contribution < -0.4 is 5.32 Å². The van der Waals surface area contributed by atoms with E-state index in [1.54, 1.807) is 0 Å². The molecule has 0 aliphatic heterocycles. The maximum Gasteiger partial charge on any atom is 0.225 e. The summed E-state index contributed by atoms with van der Waals surface area (Å²) in [5.74, 6) is 0.112. The fourth-order valence-corrected chi connectivity index (χ4v) is 2.34. The van der Waals surface area contributed by atoms with Crippen molar-refractivity contribution in [2.75, 3.05) is 6.54 Å². The van der Waals surface area contributed by atoms with Crippen molar-refractivity contribution in [2.45, 2.75) is 52.8 Å². The van der Waals surface area contributed by atoms with Crippen LogP contribution in [0.25, 0.3) is 0 Å². The molecule has 1 atom stereocenters. The van der Waals surface area contributed by atoms with E-state index in [0.717, 1.165) is 6.42 Å². The zero-order valence-corrected chi connectivity index (χ0v) is 12.4. The second-order valence-corrected chi connectivity index (χ2v) is 7.62. The van der Waals surface area contributed by atoms with Crippen molar-refractivity contribution in [3.63, 3.8) is 0 Å². The van der Waals surface area contributed by atoms with Gasteiger partial charge in [0.15, 0.2) is 0 Å². The molecule has 0 fully saturated rings. The summed E-state index contributed by atoms with van der Waals surface area (Å²) in [6.45, 7) is 13.1. The Morgan fingerprint density at radius 3 is 2.00 bits per heavy atom. The fourth-order valence-electron chi connectivity index (χ4n) is 1.21. The van der Waals surface area contributed by atoms with E-state index in [0.29, 0.717) is 16.8 Å². The third-order valence-corrected chi connectivity index (χ3v) is 2.65. The predicted octanol–water partition coefficient (Wildman–Crippen LogP) is 3.35. The lowest BCUT2D eigenvalue weighted by atomic mass is 9.90. The molecular formula is C12H24BrNO. The first kappa shape index (κ1) is 14.9. The molecule has 3 heteroatoms. The Kier molecular flexibility index (Phi) is 5.31. The Morgan fingerprint density at radius 1 is 1.20 bits per heavy atom. The molecule has 0 saturated carbocycles. The van der Waals surface area contributed by atoms with Gasteiger partial charge < -0.3 is 5.32 Å². The van der Waals surface area contributed by atoms with Gasteiger partial charge in [-0.05, 0) is 11.8 Å². The van der Waals surface area contributed by atoms with Crippen LogP contribution in [0.3, 0.4) is 0 Å². The minimum absolute atomic E-state index is 0.112. The predicted molar refractivity (Wildman–Crippen MR) is 69.3 cm³/mol. The van der Waals surface area contributed by atoms with E-state index in [4.69, 9.17) is 0 Å². The summed E-state index contributed by atoms with van der Waals surface area (Å²) in [4.78, 5) is 12.0. The molecule has 1 unspecified atom stereocenters. The number of nitrogens with one attached hydrogen (secondary N) is 1. The van der Waals surface area contributed by atoms with E-state index < -0.39 is 0 Å². The van der Waals surface area contributed by atoms with Crippen molar-refractivity contribution >= 4 is 21.8 Å². The van der Waals surface area contributed by atoms with Gasteiger partial charge >= 0.3 is 0 Å². The van der Waals surface area contributed by atoms with Gasteiger partial charge in [-0.1, -0.05) is 57.5 Å². The number of alkyl halides is 1. The van der Waals surface area contributed by atoms with Crippen molar-refractivity contribution in [2.24, 2.45) is 10.8 Å². The van der Waals surface area contributed by atoms with E-state index in [1.165, 1.54) is 0 Å². The molecule has 0 bridgehead atoms. The molecule has 0 spiro atoms. The fraction of sp³-hybridized carbons (Fsp3) is 0.917. The summed E-state index contributed by atoms with van der Waals surface area (Å²) < 4.78 is 0. The summed E-state index contributed by atoms with van der Waals surface area (Å²) in [7, 11) is 0. The molecule has 1 amide bonds. The summed E-state index contributed by atoms with van der Waals surface area (Å²) in [5, 5.41) is 2.96. The molecule has 0 aromatic rings. The van der Waals surface area contributed by atoms with Crippen LogP contribution in [0.2, 0.25) is 0 Å². The third kappa shape index (κ3) is 7.83. The number of amides is 1. The first-order valence-electron chi connectivity index (χ1n) is 5.45. The average molecular weight is 278 g/mol. The van der Waals surface area contributed by atoms with Crippen LogP contribution in [-0.4, -0.2) is 17.3 Å². The lowest BCUT2D eigenvalue weighted by Gasteiger charge is -2.24. The van der Waals surface area contributed by atoms with Gasteiger partial charge in [-0.15, -0.1) is 0 Å². The summed E-state index contributed by atoms with van der Waals surface area (Å²) in [5.41, 5.74) is -0.00488. The highest BCUT2D eigenvalue weighted by Gasteiger charge is 2.22. The number of rotatable bonds is 3. The van der Waals surface area contributed by atoms with Crippen LogP contribution in [0.5, 0.6) is 0 Å². The maximum atomic E-state index is 11.6. The molecular weight excluding hydrogens is 254 g/mol. The molecule has 0 aromatic carbocycles. The number of halogens is 1. The van der Waals surface area contributed by atoms with Gasteiger partial charge in [0.1, 0.15) is 0 Å². The summed E-state index contributed by atoms with van der Waals surface area (Å²) in [6.07, 6.45) is 1.05. The van der Waals surface area contributed by atoms with Crippen LogP contribution in [0.15, 0.2) is 0 Å². The molecule has 0 aromatic heterocycles. The molecule has 1 N–H and O–H groups in total. The Balaban J connectivity index is 3.92. The summed E-state index contributed by atoms with van der Waals surface area (Å²) >= 11 is 3.59. The maximum absolute atomic E-state index is 11.6. The quantitative estimate of drug-likeness (QED) is 0.788. The van der Waals surface area contributed by atoms with Gasteiger partial charge in [0.25, 0.3) is 0 Å². The second-order valence-electron chi connectivity index (χ2n) is 6.32. The van der Waals surface area contributed by atoms with E-state index in [-0.39, 0.29) is 11.3 Å². The molecule has 0 radical (unpaired) electrons. The smallest absolute Gasteiger partial charge is 0.225 e. The number of hydrogen-bond acceptors (Lipinski definition) is 1. The highest BCUT2D eigenvalue weighted by Crippen LogP contribution is 2.24. The van der Waals surface area contributed by atoms with Gasteiger partial charge in [0, 0.05) is 16.8 Å². The van der Waals surface area contributed by atoms with Crippen molar-refractivity contribution in [3.05, 3.63) is 0 Å². The van der Waals surface area contributed by atoms with Crippen molar-refractivity contribution in [1.82, 2.24) is 5.32 Å². The zero-order valence-electron chi connectivity index (χ0n) is 10.8. The minimum Gasteiger partial charge on any atom is -0.355 e. The van der Waals surface area contributed by atoms with Gasteiger partial charge in [-0.3, -0.25) is 4.79 Å². The van der Waals surface area contributed by atoms with Gasteiger partial charge in [0.05, 0.1) is 0 Å². The molecule has 2 nitrogen and oxygen atoms in total. The lowest BCUT2D eigenvalue weighted by Crippen LogP contribution is -2.38. The molecule has 0 saturated heterocycles. The van der Waals surface area contributed by atoms with Gasteiger partial charge in [-0.25, -0.2) is 0 Å². The van der Waals surface area contributed by atoms with Crippen molar-refractivity contribution in [3.8, 4) is 0 Å². The minimum atomic E-state index is -0.297. The van der Waals surface area contributed by atoms with Gasteiger partial charge in [0.2, 0.25) is 5.91 Å². The van der Waals surface area contributed by atoms with E-state index in [1.807, 2.05) is 20.8 Å². The standard InChI is InChI=1S/C12H24BrNO/c1-11(2,3)7-9(13)8-14-10(15)12(4,5)6/h9H,7-8H2,1-6H3,(H,14,15). The molecule has 0 aliphatic rings. The molecule has 0 heterocycles. The van der Waals surface area contributed by atoms with Crippen LogP contribution in [0.4, 0.5) is 0 Å². The highest BCUT2D eigenvalue weighted by molar-refractivity contribution is 9.09. The third-order valence-electron chi connectivity index (χ3n) is 2.00. The highest BCUT2D eigenvalue weighted by atomic mass is 79.9. The van der Waals surface area contributed by atoms with Crippen LogP contribution >= 0.6 is 15.9 Å². The van der Waals surface area contributed by atoms with Crippen molar-refractivity contribution in [1.29, 1.82) is 0 Å². The Bertz CT molecular complexity index is 213. The lowest BCUT2D eigenvalue weighted by molar-refractivity contribution is -0.128. The topological polar surface area (TPSA) is 29.1 Å². The molecule has 0 aliphatic carbocycles. The van der Waals surface area contributed by atoms with Crippen LogP contribution in [-0.2, 0) is 4.79 Å². The second kappa shape index (κ2) is 5.33. The Morgan fingerprint density at radius 2 is 1.67 bits per heavy atom. The summed E-state index contributed by atoms with van der Waals surface area (Å²) in [6, 6.07) is 0. The van der Waals surface area contributed by atoms with E-state index >= 15 is 0 Å². The van der Waals surface area contributed by atoms with Crippen molar-refractivity contribution < 1.29 is 4.79 Å². The monoisotopic (exact) mass is 277 g/mol. The molecule has 0 rings (SSSR count). The zero-order chi connectivity index (χ0) is 12.3. The first-order chi connectivity index (χ1) is 6.52. The molecule has 15 heavy (non-hydrogen) atoms. The number of carbonyl (C=O) groups excluding carboxylic acids is 1. The van der Waals surface area contributed by atoms with E-state index in [2.05, 4.69) is 42.0 Å². The Labute approximate surface area is 102 Å². The number of carbonyl (C=O) groups is 1. The SMILES string of the molecule is CC(C)(C)CC(Br)CNC(=O)C(C)(C)C. The largest absolute Gasteiger partial charge is 0.355 e. The first-order valence-corrected chi connectivity index (χ1v) is 6.36. The Hall–Kier alpha value is -0.0500. The van der Waals surface area contributed by atoms with E-state index in [9.17, 15) is 4.79 Å². The van der Waals surface area contributed by atoms with Gasteiger partial charge in [-0.2, -0.15) is 0 Å². The number of hydrogen-bond donors (Lipinski definition) is 1. The normalized spacial score (nSPS) is 14.9. The van der Waals surface area contributed by atoms with Crippen LogP contribution in [0.1, 0.15) is 48.0 Å².